The van der Waals surface area contributed by atoms with Gasteiger partial charge in [-0.2, -0.15) is 0 Å². The molecular weight excluding hydrogens is 326 g/mol. The average molecular weight is 353 g/mol. The van der Waals surface area contributed by atoms with Crippen molar-refractivity contribution in [2.45, 2.75) is 38.0 Å². The Morgan fingerprint density at radius 2 is 1.65 bits per heavy atom. The number of amides is 1. The minimum atomic E-state index is 0.0916. The second-order valence-electron chi connectivity index (χ2n) is 6.75. The lowest BCUT2D eigenvalue weighted by molar-refractivity contribution is -0.121. The van der Waals surface area contributed by atoms with Crippen LogP contribution in [0.5, 0.6) is 11.5 Å². The minimum Gasteiger partial charge on any atom is -0.490 e. The molecule has 4 nitrogen and oxygen atoms in total. The Balaban J connectivity index is 1.38. The van der Waals surface area contributed by atoms with Gasteiger partial charge in [-0.25, -0.2) is 0 Å². The molecule has 0 saturated heterocycles. The van der Waals surface area contributed by atoms with Crippen LogP contribution in [-0.2, 0) is 10.2 Å². The average Bonchev–Trinajstić information content (AvgIpc) is 3.47. The van der Waals surface area contributed by atoms with Gasteiger partial charge >= 0.3 is 0 Å². The van der Waals surface area contributed by atoms with Crippen LogP contribution >= 0.6 is 0 Å². The number of rotatable bonds is 10. The van der Waals surface area contributed by atoms with Crippen molar-refractivity contribution in [3.63, 3.8) is 0 Å². The summed E-state index contributed by atoms with van der Waals surface area (Å²) in [5.74, 6) is 1.57. The zero-order valence-corrected chi connectivity index (χ0v) is 15.4. The van der Waals surface area contributed by atoms with E-state index in [1.807, 2.05) is 37.3 Å². The summed E-state index contributed by atoms with van der Waals surface area (Å²) in [7, 11) is 0. The van der Waals surface area contributed by atoms with Crippen molar-refractivity contribution in [1.29, 1.82) is 0 Å². The third kappa shape index (κ3) is 4.78. The lowest BCUT2D eigenvalue weighted by Gasteiger charge is -2.16. The van der Waals surface area contributed by atoms with Crippen molar-refractivity contribution in [2.24, 2.45) is 0 Å². The van der Waals surface area contributed by atoms with E-state index in [0.29, 0.717) is 26.1 Å². The molecule has 2 aromatic rings. The predicted molar refractivity (Wildman–Crippen MR) is 103 cm³/mol. The topological polar surface area (TPSA) is 47.6 Å². The van der Waals surface area contributed by atoms with E-state index in [4.69, 9.17) is 9.47 Å². The Labute approximate surface area is 155 Å². The first-order valence-electron chi connectivity index (χ1n) is 9.40. The van der Waals surface area contributed by atoms with Crippen molar-refractivity contribution < 1.29 is 14.3 Å². The van der Waals surface area contributed by atoms with E-state index < -0.39 is 0 Å². The zero-order chi connectivity index (χ0) is 18.2. The van der Waals surface area contributed by atoms with E-state index in [9.17, 15) is 4.79 Å². The van der Waals surface area contributed by atoms with E-state index in [-0.39, 0.29) is 11.3 Å². The molecule has 0 aromatic heterocycles. The number of para-hydroxylation sites is 2. The summed E-state index contributed by atoms with van der Waals surface area (Å²) in [6.07, 6.45) is 3.45. The van der Waals surface area contributed by atoms with E-state index in [2.05, 4.69) is 29.6 Å². The second-order valence-corrected chi connectivity index (χ2v) is 6.75. The highest BCUT2D eigenvalue weighted by molar-refractivity contribution is 5.76. The van der Waals surface area contributed by atoms with Gasteiger partial charge in [-0.15, -0.1) is 0 Å². The number of hydrogen-bond donors (Lipinski definition) is 1. The minimum absolute atomic E-state index is 0.0916. The summed E-state index contributed by atoms with van der Waals surface area (Å²) in [6, 6.07) is 18.1. The quantitative estimate of drug-likeness (QED) is 0.655. The van der Waals surface area contributed by atoms with E-state index in [1.165, 1.54) is 5.56 Å². The Kier molecular flexibility index (Phi) is 6.16. The van der Waals surface area contributed by atoms with Crippen LogP contribution < -0.4 is 14.8 Å². The molecule has 1 saturated carbocycles. The molecule has 0 spiro atoms. The summed E-state index contributed by atoms with van der Waals surface area (Å²) < 4.78 is 11.3. The van der Waals surface area contributed by atoms with Gasteiger partial charge in [0, 0.05) is 18.4 Å². The molecule has 26 heavy (non-hydrogen) atoms. The smallest absolute Gasteiger partial charge is 0.220 e. The maximum absolute atomic E-state index is 12.1. The molecule has 4 heteroatoms. The van der Waals surface area contributed by atoms with Crippen LogP contribution in [0.25, 0.3) is 0 Å². The summed E-state index contributed by atoms with van der Waals surface area (Å²) in [6.45, 7) is 3.78. The van der Waals surface area contributed by atoms with E-state index in [1.54, 1.807) is 0 Å². The normalized spacial score (nSPS) is 14.5. The van der Waals surface area contributed by atoms with Crippen LogP contribution in [0.15, 0.2) is 54.6 Å². The standard InChI is InChI=1S/C22H27NO3/c1-2-25-19-11-6-7-12-20(19)26-16-8-13-21(24)23-17-22(14-15-22)18-9-4-3-5-10-18/h3-7,9-12H,2,8,13-17H2,1H3,(H,23,24). The molecule has 0 aliphatic heterocycles. The number of nitrogens with one attached hydrogen (secondary N) is 1. The molecule has 0 heterocycles. The zero-order valence-electron chi connectivity index (χ0n) is 15.4. The van der Waals surface area contributed by atoms with E-state index >= 15 is 0 Å². The molecule has 0 atom stereocenters. The van der Waals surface area contributed by atoms with Crippen LogP contribution in [0.3, 0.4) is 0 Å². The molecule has 1 fully saturated rings. The highest BCUT2D eigenvalue weighted by Crippen LogP contribution is 2.47. The fourth-order valence-electron chi connectivity index (χ4n) is 3.13. The first kappa shape index (κ1) is 18.3. The fraction of sp³-hybridized carbons (Fsp3) is 0.409. The van der Waals surface area contributed by atoms with E-state index in [0.717, 1.165) is 30.9 Å². The van der Waals surface area contributed by atoms with Gasteiger partial charge in [0.05, 0.1) is 13.2 Å². The maximum Gasteiger partial charge on any atom is 0.220 e. The third-order valence-electron chi connectivity index (χ3n) is 4.82. The Bertz CT molecular complexity index is 710. The van der Waals surface area contributed by atoms with Crippen LogP contribution in [0.2, 0.25) is 0 Å². The Morgan fingerprint density at radius 3 is 2.31 bits per heavy atom. The van der Waals surface area contributed by atoms with Crippen LogP contribution in [0.1, 0.15) is 38.2 Å². The summed E-state index contributed by atoms with van der Waals surface area (Å²) in [5, 5.41) is 3.10. The van der Waals surface area contributed by atoms with Crippen molar-refractivity contribution in [3.05, 3.63) is 60.2 Å². The highest BCUT2D eigenvalue weighted by atomic mass is 16.5. The first-order chi connectivity index (χ1) is 12.7. The van der Waals surface area contributed by atoms with Crippen LogP contribution in [0.4, 0.5) is 0 Å². The SMILES string of the molecule is CCOc1ccccc1OCCCC(=O)NCC1(c2ccccc2)CC1. The highest BCUT2D eigenvalue weighted by Gasteiger charge is 2.44. The lowest BCUT2D eigenvalue weighted by atomic mass is 9.96. The van der Waals surface area contributed by atoms with Crippen LogP contribution in [-0.4, -0.2) is 25.7 Å². The van der Waals surface area contributed by atoms with Gasteiger partial charge < -0.3 is 14.8 Å². The molecule has 0 unspecified atom stereocenters. The van der Waals surface area contributed by atoms with Gasteiger partial charge in [-0.05, 0) is 43.9 Å². The Hall–Kier alpha value is -2.49. The number of ether oxygens (including phenoxy) is 2. The molecule has 1 amide bonds. The van der Waals surface area contributed by atoms with Gasteiger partial charge in [0.25, 0.3) is 0 Å². The number of hydrogen-bond acceptors (Lipinski definition) is 3. The Morgan fingerprint density at radius 1 is 1.00 bits per heavy atom. The van der Waals surface area contributed by atoms with Gasteiger partial charge in [-0.3, -0.25) is 4.79 Å². The number of carbonyl (C=O) groups is 1. The van der Waals surface area contributed by atoms with Crippen molar-refractivity contribution >= 4 is 5.91 Å². The molecule has 0 radical (unpaired) electrons. The molecule has 1 aliphatic carbocycles. The molecule has 2 aromatic carbocycles. The molecule has 3 rings (SSSR count). The third-order valence-corrected chi connectivity index (χ3v) is 4.82. The molecule has 1 N–H and O–H groups in total. The van der Waals surface area contributed by atoms with Crippen molar-refractivity contribution in [1.82, 2.24) is 5.32 Å². The monoisotopic (exact) mass is 353 g/mol. The van der Waals surface area contributed by atoms with Crippen molar-refractivity contribution in [3.8, 4) is 11.5 Å². The van der Waals surface area contributed by atoms with Gasteiger partial charge in [0.1, 0.15) is 0 Å². The number of benzene rings is 2. The largest absolute Gasteiger partial charge is 0.490 e. The summed E-state index contributed by atoms with van der Waals surface area (Å²) >= 11 is 0. The predicted octanol–water partition coefficient (Wildman–Crippen LogP) is 4.09. The van der Waals surface area contributed by atoms with Crippen LogP contribution in [0, 0.1) is 0 Å². The van der Waals surface area contributed by atoms with Crippen molar-refractivity contribution in [2.75, 3.05) is 19.8 Å². The lowest BCUT2D eigenvalue weighted by Crippen LogP contribution is -2.32. The summed E-state index contributed by atoms with van der Waals surface area (Å²) in [4.78, 5) is 12.1. The molecule has 1 aliphatic rings. The first-order valence-corrected chi connectivity index (χ1v) is 9.40. The van der Waals surface area contributed by atoms with Gasteiger partial charge in [0.2, 0.25) is 5.91 Å². The van der Waals surface area contributed by atoms with Gasteiger partial charge in [-0.1, -0.05) is 42.5 Å². The summed E-state index contributed by atoms with van der Waals surface area (Å²) in [5.41, 5.74) is 1.49. The van der Waals surface area contributed by atoms with Gasteiger partial charge in [0.15, 0.2) is 11.5 Å². The maximum atomic E-state index is 12.1. The number of carbonyl (C=O) groups excluding carboxylic acids is 1. The fourth-order valence-corrected chi connectivity index (χ4v) is 3.13. The second kappa shape index (κ2) is 8.75. The molecular formula is C22H27NO3. The molecule has 138 valence electrons. The molecule has 0 bridgehead atoms.